The number of aromatic nitrogens is 2. The van der Waals surface area contributed by atoms with Gasteiger partial charge in [0.2, 0.25) is 5.95 Å². The summed E-state index contributed by atoms with van der Waals surface area (Å²) >= 11 is 0. The highest BCUT2D eigenvalue weighted by atomic mass is 19.4. The predicted molar refractivity (Wildman–Crippen MR) is 118 cm³/mol. The number of halogens is 4. The summed E-state index contributed by atoms with van der Waals surface area (Å²) in [6.07, 6.45) is -4.67. The van der Waals surface area contributed by atoms with E-state index in [4.69, 9.17) is 9.47 Å². The molecule has 4 atom stereocenters. The van der Waals surface area contributed by atoms with Crippen LogP contribution in [-0.2, 0) is 11.3 Å². The minimum absolute atomic E-state index is 0.00104. The van der Waals surface area contributed by atoms with Crippen molar-refractivity contribution in [1.82, 2.24) is 9.55 Å². The maximum Gasteiger partial charge on any atom is 0.408 e. The van der Waals surface area contributed by atoms with Crippen molar-refractivity contribution in [2.75, 3.05) is 36.5 Å². The van der Waals surface area contributed by atoms with E-state index in [0.717, 1.165) is 29.9 Å². The third-order valence-corrected chi connectivity index (χ3v) is 6.90. The van der Waals surface area contributed by atoms with Gasteiger partial charge in [-0.25, -0.2) is 4.39 Å². The van der Waals surface area contributed by atoms with Crippen molar-refractivity contribution in [3.8, 4) is 5.75 Å². The topological polar surface area (TPSA) is 80.1 Å². The Kier molecular flexibility index (Phi) is 6.12. The smallest absolute Gasteiger partial charge is 0.408 e. The number of nitrogens with zero attached hydrogens (tertiary/aromatic N) is 4. The van der Waals surface area contributed by atoms with Crippen molar-refractivity contribution in [2.45, 2.75) is 56.3 Å². The number of fused-ring (bicyclic) bond motifs is 3. The quantitative estimate of drug-likeness (QED) is 0.635. The van der Waals surface area contributed by atoms with Crippen molar-refractivity contribution < 1.29 is 32.1 Å². The first-order valence-electron chi connectivity index (χ1n) is 11.5. The summed E-state index contributed by atoms with van der Waals surface area (Å²) in [6.45, 7) is 0.345. The highest BCUT2D eigenvalue weighted by Crippen LogP contribution is 2.37. The van der Waals surface area contributed by atoms with Crippen molar-refractivity contribution >= 4 is 11.8 Å². The molecule has 12 heteroatoms. The van der Waals surface area contributed by atoms with Crippen molar-refractivity contribution in [3.63, 3.8) is 0 Å². The molecule has 8 nitrogen and oxygen atoms in total. The maximum absolute atomic E-state index is 14.1. The van der Waals surface area contributed by atoms with Gasteiger partial charge in [-0.2, -0.15) is 18.2 Å². The fraction of sp³-hybridized carbons (Fsp3) is 0.565. The second-order valence-corrected chi connectivity index (χ2v) is 9.17. The monoisotopic (exact) mass is 498 g/mol. The molecule has 0 aliphatic carbocycles. The Morgan fingerprint density at radius 2 is 1.91 bits per heavy atom. The number of β-amino-alcohol motifs (C(OH)–C–C–N with tert-alkyl or cyclic N) is 1. The summed E-state index contributed by atoms with van der Waals surface area (Å²) in [5.74, 6) is -0.448. The molecule has 2 aromatic rings. The number of morpholine rings is 1. The first-order chi connectivity index (χ1) is 16.6. The molecule has 0 radical (unpaired) electrons. The zero-order valence-corrected chi connectivity index (χ0v) is 19.0. The number of anilines is 2. The van der Waals surface area contributed by atoms with E-state index in [0.29, 0.717) is 18.9 Å². The number of ether oxygens (including phenoxy) is 2. The number of rotatable bonds is 5. The summed E-state index contributed by atoms with van der Waals surface area (Å²) in [6, 6.07) is 2.81. The SMILES string of the molecule is COc1cc(F)ccc1[C@H](O)CN1c2nc(N3CC4CCC(C3)O4)cc(=O)n2CC[C@H]1C(F)(F)F. The number of aliphatic hydroxyl groups excluding tert-OH is 1. The zero-order chi connectivity index (χ0) is 24.9. The average molecular weight is 498 g/mol. The first kappa shape index (κ1) is 23.9. The van der Waals surface area contributed by atoms with Crippen LogP contribution in [0.2, 0.25) is 0 Å². The molecule has 190 valence electrons. The van der Waals surface area contributed by atoms with Crippen LogP contribution in [0, 0.1) is 5.82 Å². The lowest BCUT2D eigenvalue weighted by atomic mass is 10.0. The molecular weight excluding hydrogens is 472 g/mol. The first-order valence-corrected chi connectivity index (χ1v) is 11.5. The van der Waals surface area contributed by atoms with Crippen molar-refractivity contribution in [3.05, 3.63) is 46.0 Å². The lowest BCUT2D eigenvalue weighted by molar-refractivity contribution is -0.153. The number of hydrogen-bond donors (Lipinski definition) is 1. The summed E-state index contributed by atoms with van der Waals surface area (Å²) in [5, 5.41) is 10.9. The van der Waals surface area contributed by atoms with Crippen LogP contribution in [0.1, 0.15) is 30.9 Å². The van der Waals surface area contributed by atoms with Gasteiger partial charge >= 0.3 is 6.18 Å². The Morgan fingerprint density at radius 1 is 1.20 bits per heavy atom. The van der Waals surface area contributed by atoms with Gasteiger partial charge in [0.05, 0.1) is 25.9 Å². The Hall–Kier alpha value is -2.86. The van der Waals surface area contributed by atoms with Crippen LogP contribution in [0.15, 0.2) is 29.1 Å². The minimum Gasteiger partial charge on any atom is -0.496 e. The predicted octanol–water partition coefficient (Wildman–Crippen LogP) is 2.63. The maximum atomic E-state index is 14.1. The molecule has 2 saturated heterocycles. The lowest BCUT2D eigenvalue weighted by Gasteiger charge is -2.41. The van der Waals surface area contributed by atoms with Gasteiger partial charge in [0.1, 0.15) is 29.5 Å². The number of methoxy groups -OCH3 is 1. The molecule has 3 aliphatic rings. The van der Waals surface area contributed by atoms with Crippen LogP contribution in [0.4, 0.5) is 29.3 Å². The highest BCUT2D eigenvalue weighted by Gasteiger charge is 2.47. The molecule has 0 spiro atoms. The van der Waals surface area contributed by atoms with Crippen LogP contribution in [0.3, 0.4) is 0 Å². The van der Waals surface area contributed by atoms with E-state index in [1.54, 1.807) is 0 Å². The van der Waals surface area contributed by atoms with E-state index in [9.17, 15) is 27.5 Å². The fourth-order valence-corrected chi connectivity index (χ4v) is 5.22. The lowest BCUT2D eigenvalue weighted by Crippen LogP contribution is -2.54. The Morgan fingerprint density at radius 3 is 2.57 bits per heavy atom. The van der Waals surface area contributed by atoms with E-state index < -0.39 is 36.2 Å². The number of aliphatic hydroxyl groups is 1. The molecule has 1 aromatic heterocycles. The van der Waals surface area contributed by atoms with Crippen molar-refractivity contribution in [2.24, 2.45) is 0 Å². The van der Waals surface area contributed by atoms with Gasteiger partial charge in [-0.3, -0.25) is 9.36 Å². The molecule has 5 rings (SSSR count). The van der Waals surface area contributed by atoms with Gasteiger partial charge in [0, 0.05) is 37.3 Å². The third kappa shape index (κ3) is 4.56. The molecule has 2 fully saturated rings. The largest absolute Gasteiger partial charge is 0.496 e. The summed E-state index contributed by atoms with van der Waals surface area (Å²) in [4.78, 5) is 20.2. The molecule has 3 aliphatic heterocycles. The molecule has 2 bridgehead atoms. The van der Waals surface area contributed by atoms with E-state index in [1.807, 2.05) is 4.90 Å². The molecule has 0 amide bonds. The molecular formula is C23H26F4N4O4. The summed E-state index contributed by atoms with van der Waals surface area (Å²) < 4.78 is 67.9. The second-order valence-electron chi connectivity index (χ2n) is 9.17. The van der Waals surface area contributed by atoms with E-state index in [2.05, 4.69) is 4.98 Å². The van der Waals surface area contributed by atoms with E-state index in [-0.39, 0.29) is 42.4 Å². The zero-order valence-electron chi connectivity index (χ0n) is 19.0. The average Bonchev–Trinajstić information content (AvgIpc) is 3.15. The van der Waals surface area contributed by atoms with E-state index in [1.165, 1.54) is 23.8 Å². The molecule has 4 heterocycles. The van der Waals surface area contributed by atoms with Crippen LogP contribution in [0.5, 0.6) is 5.75 Å². The Balaban J connectivity index is 1.52. The highest BCUT2D eigenvalue weighted by molar-refractivity contribution is 5.48. The van der Waals surface area contributed by atoms with Crippen LogP contribution in [0.25, 0.3) is 0 Å². The summed E-state index contributed by atoms with van der Waals surface area (Å²) in [7, 11) is 1.28. The van der Waals surface area contributed by atoms with Crippen LogP contribution in [-0.4, -0.2) is 65.8 Å². The van der Waals surface area contributed by atoms with Gasteiger partial charge in [0.15, 0.2) is 0 Å². The molecule has 1 N–H and O–H groups in total. The second kappa shape index (κ2) is 8.98. The van der Waals surface area contributed by atoms with Crippen LogP contribution < -0.4 is 20.1 Å². The van der Waals surface area contributed by atoms with Gasteiger partial charge in [-0.05, 0) is 31.4 Å². The van der Waals surface area contributed by atoms with Gasteiger partial charge in [-0.1, -0.05) is 0 Å². The number of hydrogen-bond acceptors (Lipinski definition) is 7. The summed E-state index contributed by atoms with van der Waals surface area (Å²) in [5.41, 5.74) is -0.321. The minimum atomic E-state index is -4.62. The van der Waals surface area contributed by atoms with Gasteiger partial charge in [-0.15, -0.1) is 0 Å². The number of alkyl halides is 3. The molecule has 2 unspecified atom stereocenters. The van der Waals surface area contributed by atoms with E-state index >= 15 is 0 Å². The Bertz CT molecular complexity index is 1150. The van der Waals surface area contributed by atoms with Crippen LogP contribution >= 0.6 is 0 Å². The number of benzene rings is 1. The van der Waals surface area contributed by atoms with Gasteiger partial charge in [0.25, 0.3) is 5.56 Å². The standard InChI is InChI=1S/C23H26F4N4O4/c1-34-18-8-13(24)2-5-16(18)17(32)12-31-19(23(25,26)27)6-7-30-21(33)9-20(28-22(30)31)29-10-14-3-4-15(11-29)35-14/h2,5,8-9,14-15,17,19,32H,3-4,6-7,10-12H2,1H3/t14?,15?,17-,19+/m1/s1. The molecule has 0 saturated carbocycles. The normalized spacial score (nSPS) is 24.9. The Labute approximate surface area is 198 Å². The molecule has 35 heavy (non-hydrogen) atoms. The fourth-order valence-electron chi connectivity index (χ4n) is 5.22. The van der Waals surface area contributed by atoms with Crippen molar-refractivity contribution in [1.29, 1.82) is 0 Å². The molecule has 1 aromatic carbocycles. The van der Waals surface area contributed by atoms with Gasteiger partial charge < -0.3 is 24.4 Å². The third-order valence-electron chi connectivity index (χ3n) is 6.90.